The molecule has 0 atom stereocenters. The lowest BCUT2D eigenvalue weighted by molar-refractivity contribution is -0.432. The van der Waals surface area contributed by atoms with Gasteiger partial charge in [-0.2, -0.15) is 61.1 Å². The lowest BCUT2D eigenvalue weighted by Crippen LogP contribution is -2.05. The summed E-state index contributed by atoms with van der Waals surface area (Å²) in [5.74, 6) is 6.43. The molecule has 2 aromatic heterocycles. The van der Waals surface area contributed by atoms with Crippen molar-refractivity contribution in [3.05, 3.63) is 95.7 Å². The van der Waals surface area contributed by atoms with E-state index in [1.165, 1.54) is 66.7 Å². The summed E-state index contributed by atoms with van der Waals surface area (Å²) in [5, 5.41) is 56.4. The Morgan fingerprint density at radius 3 is 2.02 bits per heavy atom. The van der Waals surface area contributed by atoms with Crippen LogP contribution in [-0.2, 0) is 54.1 Å². The fourth-order valence-corrected chi connectivity index (χ4v) is 9.52. The molecule has 0 saturated heterocycles. The van der Waals surface area contributed by atoms with Crippen molar-refractivity contribution in [2.75, 3.05) is 16.0 Å². The molecule has 7 rings (SSSR count). The highest BCUT2D eigenvalue weighted by atomic mass is 35.5. The molecular formula is C40H26Cl2N16O18S6. The smallest absolute Gasteiger partial charge is 0.433 e. The van der Waals surface area contributed by atoms with Gasteiger partial charge >= 0.3 is 15.7 Å². The number of thioether (sulfide) groups is 2. The van der Waals surface area contributed by atoms with E-state index >= 15 is 0 Å². The van der Waals surface area contributed by atoms with Crippen LogP contribution in [0.3, 0.4) is 0 Å². The molecule has 0 fully saturated rings. The SMILES string of the molecule is NO/C=N\c1cc(Nc2nc(Cl)nc(Nc3cc(N=C=CO)c(S(=O)(=O)O)cc3N=Nc3cc(Nc4nc(Cl)nc(SC(=O)O)n4)ccc3SOOO)n2)ccc1N=Nc1ccc2cc(SC#COOS(=O)(=O)O)ccc2c1S(=O)(=O)O. The van der Waals surface area contributed by atoms with Crippen LogP contribution in [0.25, 0.3) is 10.8 Å². The Morgan fingerprint density at radius 2 is 1.35 bits per heavy atom. The molecule has 82 heavy (non-hydrogen) atoms. The van der Waals surface area contributed by atoms with Crippen LogP contribution in [0.15, 0.2) is 140 Å². The van der Waals surface area contributed by atoms with Gasteiger partial charge in [0.15, 0.2) is 6.11 Å². The minimum Gasteiger partial charge on any atom is -0.506 e. The molecule has 0 saturated carbocycles. The Bertz CT molecular complexity index is 4220. The topological polar surface area (TPSA) is 501 Å². The van der Waals surface area contributed by atoms with Crippen LogP contribution >= 0.6 is 58.8 Å². The molecule has 11 N–H and O–H groups in total. The van der Waals surface area contributed by atoms with E-state index in [1.807, 2.05) is 12.0 Å². The zero-order valence-electron chi connectivity index (χ0n) is 39.4. The quantitative estimate of drug-likeness (QED) is 0.00288. The molecule has 0 radical (unpaired) electrons. The van der Waals surface area contributed by atoms with Gasteiger partial charge in [0.25, 0.3) is 20.2 Å². The molecule has 42 heteroatoms. The summed E-state index contributed by atoms with van der Waals surface area (Å²) in [6, 6.07) is 17.0. The zero-order chi connectivity index (χ0) is 59.2. The maximum absolute atomic E-state index is 12.7. The standard InChI is InChI=1S/C40H26Cl2N16O18S6/c41-34-49-36(46-20-2-7-24(26(14-20)45-18-72-43)55-56-25-6-1-19-13-22(77-12-11-73-76-82(69,70)71)4-5-23(19)33(25)81(66,67)68)53-38(50-34)48-27-16-30(44-9-10-59)32(80(63,64)65)17-28(27)57-58-29-15-21(3-8-31(29)79-75-74-62)47-37-51-35(42)52-39(54-37)78-40(60)61/h1-8,10,13-18,59,62H,43H2,(H,60,61)(H,63,64,65)(H,66,67,68)(H,69,70,71)(H,47,51,52,54)(H2,46,48,49,50,53)/b45-18-,56-55?,58-57?. The van der Waals surface area contributed by atoms with Gasteiger partial charge in [0.2, 0.25) is 40.0 Å². The number of aliphatic hydroxyl groups is 1. The summed E-state index contributed by atoms with van der Waals surface area (Å²) in [6.45, 7) is 0. The number of aliphatic imine (C=N–C) groups is 2. The van der Waals surface area contributed by atoms with Crippen molar-refractivity contribution >= 4 is 187 Å². The van der Waals surface area contributed by atoms with Gasteiger partial charge < -0.3 is 31.0 Å². The molecular weight excluding hydrogens is 1260 g/mol. The van der Waals surface area contributed by atoms with Crippen LogP contribution in [0.4, 0.5) is 73.8 Å². The Morgan fingerprint density at radius 1 is 0.707 bits per heavy atom. The number of carboxylic acid groups (broad SMARTS) is 1. The van der Waals surface area contributed by atoms with Gasteiger partial charge in [-0.25, -0.2) is 20.0 Å². The highest BCUT2D eigenvalue weighted by Crippen LogP contribution is 2.42. The van der Waals surface area contributed by atoms with Crippen molar-refractivity contribution in [3.63, 3.8) is 0 Å². The number of rotatable bonds is 22. The molecule has 0 aliphatic heterocycles. The first kappa shape index (κ1) is 61.3. The van der Waals surface area contributed by atoms with E-state index in [-0.39, 0.29) is 101 Å². The second-order valence-corrected chi connectivity index (χ2v) is 21.4. The summed E-state index contributed by atoms with van der Waals surface area (Å²) in [7, 11) is -15.0. The Hall–Kier alpha value is -8.31. The van der Waals surface area contributed by atoms with Gasteiger partial charge in [0.1, 0.15) is 38.8 Å². The van der Waals surface area contributed by atoms with Crippen molar-refractivity contribution in [3.8, 4) is 11.4 Å². The Kier molecular flexibility index (Phi) is 20.5. The average molecular weight is 1280 g/mol. The number of hydrogen-bond acceptors (Lipinski definition) is 33. The number of halogens is 2. The Labute approximate surface area is 480 Å². The lowest BCUT2D eigenvalue weighted by atomic mass is 10.1. The number of benzene rings is 5. The van der Waals surface area contributed by atoms with Crippen LogP contribution in [-0.4, -0.2) is 102 Å². The van der Waals surface area contributed by atoms with E-state index in [0.29, 0.717) is 23.2 Å². The van der Waals surface area contributed by atoms with Gasteiger partial charge in [-0.05, 0) is 111 Å². The molecule has 0 amide bonds. The van der Waals surface area contributed by atoms with E-state index in [0.717, 1.165) is 30.3 Å². The first-order valence-corrected chi connectivity index (χ1v) is 28.2. The van der Waals surface area contributed by atoms with Crippen molar-refractivity contribution in [2.45, 2.75) is 24.7 Å². The number of hydrogen-bond donors (Lipinski definition) is 10. The number of aromatic nitrogens is 6. The monoisotopic (exact) mass is 1280 g/mol. The number of aliphatic hydroxyl groups excluding tert-OH is 1. The molecule has 0 unspecified atom stereocenters. The van der Waals surface area contributed by atoms with E-state index in [1.54, 1.807) is 0 Å². The predicted octanol–water partition coefficient (Wildman–Crippen LogP) is 9.95. The van der Waals surface area contributed by atoms with Crippen LogP contribution < -0.4 is 21.8 Å². The van der Waals surface area contributed by atoms with Crippen LogP contribution in [0.2, 0.25) is 10.6 Å². The van der Waals surface area contributed by atoms with Crippen LogP contribution in [0, 0.1) is 11.4 Å². The van der Waals surface area contributed by atoms with Gasteiger partial charge in [0.05, 0.1) is 34.0 Å². The first-order valence-electron chi connectivity index (χ1n) is 20.8. The van der Waals surface area contributed by atoms with E-state index < -0.39 is 56.7 Å². The van der Waals surface area contributed by atoms with E-state index in [2.05, 4.69) is 105 Å². The molecule has 424 valence electrons. The summed E-state index contributed by atoms with van der Waals surface area (Å²) >= 11 is 13.8. The minimum atomic E-state index is -5.11. The van der Waals surface area contributed by atoms with Gasteiger partial charge in [-0.1, -0.05) is 17.2 Å². The van der Waals surface area contributed by atoms with Gasteiger partial charge in [-0.15, -0.1) is 24.8 Å². The summed E-state index contributed by atoms with van der Waals surface area (Å²) in [6.07, 6.45) is 3.05. The van der Waals surface area contributed by atoms with Crippen LogP contribution in [0.1, 0.15) is 0 Å². The van der Waals surface area contributed by atoms with Crippen LogP contribution in [0.5, 0.6) is 0 Å². The predicted molar refractivity (Wildman–Crippen MR) is 290 cm³/mol. The third-order valence-electron chi connectivity index (χ3n) is 9.15. The largest absolute Gasteiger partial charge is 0.506 e. The highest BCUT2D eigenvalue weighted by molar-refractivity contribution is 8.13. The molecule has 7 aromatic rings. The second-order valence-electron chi connectivity index (χ2n) is 14.4. The molecule has 34 nitrogen and oxygen atoms in total. The highest BCUT2D eigenvalue weighted by Gasteiger charge is 2.23. The molecule has 0 aliphatic rings. The van der Waals surface area contributed by atoms with Gasteiger partial charge in [0, 0.05) is 44.5 Å². The van der Waals surface area contributed by atoms with E-state index in [9.17, 15) is 49.4 Å². The number of anilines is 6. The minimum absolute atomic E-state index is 0.0102. The molecule has 0 aliphatic carbocycles. The van der Waals surface area contributed by atoms with Crippen molar-refractivity contribution in [1.82, 2.24) is 29.9 Å². The van der Waals surface area contributed by atoms with E-state index in [4.69, 9.17) is 38.9 Å². The fraction of sp³-hybridized carbons (Fsp3) is 0. The number of carbonyl (C=O) groups is 1. The van der Waals surface area contributed by atoms with Crippen molar-refractivity contribution < 1.29 is 82.6 Å². The summed E-state index contributed by atoms with van der Waals surface area (Å²) in [5.41, 5.74) is -1.19. The zero-order valence-corrected chi connectivity index (χ0v) is 45.8. The molecule has 2 heterocycles. The summed E-state index contributed by atoms with van der Waals surface area (Å²) < 4.78 is 109. The number of azo groups is 2. The third-order valence-corrected chi connectivity index (χ3v) is 13.4. The van der Waals surface area contributed by atoms with Crippen molar-refractivity contribution in [2.24, 2.45) is 36.3 Å². The molecule has 5 aromatic carbocycles. The van der Waals surface area contributed by atoms with Crippen molar-refractivity contribution in [1.29, 1.82) is 0 Å². The summed E-state index contributed by atoms with van der Waals surface area (Å²) in [4.78, 5) is 50.8. The lowest BCUT2D eigenvalue weighted by Gasteiger charge is -2.13. The Balaban J connectivity index is 1.20. The maximum atomic E-state index is 12.7. The molecule has 0 spiro atoms. The number of fused-ring (bicyclic) bond motifs is 1. The van der Waals surface area contributed by atoms with Gasteiger partial charge in [-0.3, -0.25) is 18.5 Å². The number of nitrogens with two attached hydrogens (primary N) is 1. The number of nitrogens with one attached hydrogen (secondary N) is 3. The number of nitrogens with zero attached hydrogens (tertiary/aromatic N) is 12. The molecule has 0 bridgehead atoms. The first-order chi connectivity index (χ1) is 39.0. The second kappa shape index (κ2) is 27.4. The maximum Gasteiger partial charge on any atom is 0.433 e. The average Bonchev–Trinajstić information content (AvgIpc) is 3.61. The third kappa shape index (κ3) is 17.6. The normalized spacial score (nSPS) is 11.8. The fourth-order valence-electron chi connectivity index (χ4n) is 6.21.